The molecule has 3 heterocycles. The van der Waals surface area contributed by atoms with Crippen LogP contribution in [-0.2, 0) is 20.6 Å². The Hall–Kier alpha value is -2.93. The highest BCUT2D eigenvalue weighted by Crippen LogP contribution is 2.22. The number of hydrogen-bond acceptors (Lipinski definition) is 4. The summed E-state index contributed by atoms with van der Waals surface area (Å²) in [6.45, 7) is 5.11. The second-order valence-electron chi connectivity index (χ2n) is 7.92. The molecule has 2 aromatic heterocycles. The Morgan fingerprint density at radius 3 is 2.59 bits per heavy atom. The average molecular weight is 393 g/mol. The Kier molecular flexibility index (Phi) is 5.49. The Morgan fingerprint density at radius 2 is 1.90 bits per heavy atom. The van der Waals surface area contributed by atoms with Crippen molar-refractivity contribution in [1.82, 2.24) is 29.8 Å². The lowest BCUT2D eigenvalue weighted by Gasteiger charge is -2.32. The second kappa shape index (κ2) is 8.21. The van der Waals surface area contributed by atoms with Crippen LogP contribution in [0, 0.1) is 6.92 Å². The van der Waals surface area contributed by atoms with E-state index in [9.17, 15) is 4.79 Å². The quantitative estimate of drug-likeness (QED) is 0.725. The number of aryl methyl sites for hydroxylation is 3. The zero-order valence-corrected chi connectivity index (χ0v) is 17.3. The lowest BCUT2D eigenvalue weighted by atomic mass is 10.0. The molecule has 4 rings (SSSR count). The highest BCUT2D eigenvalue weighted by molar-refractivity contribution is 5.99. The summed E-state index contributed by atoms with van der Waals surface area (Å²) < 4.78 is 3.40. The molecule has 7 heteroatoms. The van der Waals surface area contributed by atoms with Crippen LogP contribution in [0.5, 0.6) is 0 Å². The minimum atomic E-state index is -0.0608. The molecule has 0 saturated carbocycles. The van der Waals surface area contributed by atoms with Crippen LogP contribution in [0.25, 0.3) is 11.3 Å². The van der Waals surface area contributed by atoms with Crippen molar-refractivity contribution in [3.05, 3.63) is 59.5 Å². The zero-order valence-electron chi connectivity index (χ0n) is 17.3. The third-order valence-electron chi connectivity index (χ3n) is 5.63. The molecule has 1 amide bonds. The average Bonchev–Trinajstić information content (AvgIpc) is 3.30. The predicted molar refractivity (Wildman–Crippen MR) is 112 cm³/mol. The predicted octanol–water partition coefficient (Wildman–Crippen LogP) is 2.52. The fourth-order valence-corrected chi connectivity index (χ4v) is 3.94. The molecule has 0 unspecified atom stereocenters. The van der Waals surface area contributed by atoms with Crippen LogP contribution in [0.2, 0.25) is 0 Å². The van der Waals surface area contributed by atoms with Gasteiger partial charge in [-0.3, -0.25) is 19.1 Å². The highest BCUT2D eigenvalue weighted by Gasteiger charge is 2.24. The molecule has 0 atom stereocenters. The third kappa shape index (κ3) is 4.40. The Labute approximate surface area is 171 Å². The Balaban J connectivity index is 1.37. The normalized spacial score (nSPS) is 15.6. The maximum Gasteiger partial charge on any atom is 0.255 e. The van der Waals surface area contributed by atoms with Crippen LogP contribution in [-0.4, -0.2) is 49.5 Å². The van der Waals surface area contributed by atoms with Crippen molar-refractivity contribution in [2.45, 2.75) is 32.4 Å². The number of carbonyl (C=O) groups is 1. The van der Waals surface area contributed by atoms with Gasteiger partial charge in [0.15, 0.2) is 0 Å². The summed E-state index contributed by atoms with van der Waals surface area (Å²) in [6.07, 6.45) is 7.32. The van der Waals surface area contributed by atoms with Gasteiger partial charge < -0.3 is 5.32 Å². The number of aromatic nitrogens is 4. The maximum atomic E-state index is 12.9. The van der Waals surface area contributed by atoms with E-state index in [1.165, 1.54) is 11.1 Å². The largest absolute Gasteiger partial charge is 0.349 e. The van der Waals surface area contributed by atoms with E-state index in [1.807, 2.05) is 20.3 Å². The molecule has 29 heavy (non-hydrogen) atoms. The van der Waals surface area contributed by atoms with Gasteiger partial charge in [0.2, 0.25) is 0 Å². The number of hydrogen-bond donors (Lipinski definition) is 1. The molecule has 3 aromatic rings. The van der Waals surface area contributed by atoms with Gasteiger partial charge in [-0.2, -0.15) is 10.2 Å². The molecule has 0 bridgehead atoms. The van der Waals surface area contributed by atoms with E-state index in [1.54, 1.807) is 21.8 Å². The monoisotopic (exact) mass is 392 g/mol. The molecular formula is C22H28N6O. The molecule has 0 aliphatic carbocycles. The van der Waals surface area contributed by atoms with Crippen molar-refractivity contribution >= 4 is 5.91 Å². The minimum Gasteiger partial charge on any atom is -0.349 e. The van der Waals surface area contributed by atoms with Gasteiger partial charge in [-0.05, 0) is 30.9 Å². The molecule has 1 saturated heterocycles. The molecule has 1 aromatic carbocycles. The van der Waals surface area contributed by atoms with Crippen molar-refractivity contribution in [3.8, 4) is 11.3 Å². The number of nitrogens with one attached hydrogen (secondary N) is 1. The molecule has 0 radical (unpaired) electrons. The summed E-state index contributed by atoms with van der Waals surface area (Å²) in [5.74, 6) is -0.0608. The van der Waals surface area contributed by atoms with Gasteiger partial charge in [0.05, 0.1) is 11.8 Å². The van der Waals surface area contributed by atoms with E-state index >= 15 is 0 Å². The number of rotatable bonds is 5. The van der Waals surface area contributed by atoms with Gasteiger partial charge >= 0.3 is 0 Å². The van der Waals surface area contributed by atoms with E-state index in [-0.39, 0.29) is 11.9 Å². The molecule has 152 valence electrons. The van der Waals surface area contributed by atoms with E-state index in [4.69, 9.17) is 0 Å². The van der Waals surface area contributed by atoms with E-state index < -0.39 is 0 Å². The van der Waals surface area contributed by atoms with Crippen molar-refractivity contribution in [2.24, 2.45) is 14.1 Å². The molecule has 1 N–H and O–H groups in total. The summed E-state index contributed by atoms with van der Waals surface area (Å²) in [5.41, 5.74) is 4.85. The number of piperidine rings is 1. The third-order valence-corrected chi connectivity index (χ3v) is 5.63. The lowest BCUT2D eigenvalue weighted by Crippen LogP contribution is -2.44. The lowest BCUT2D eigenvalue weighted by molar-refractivity contribution is 0.0909. The van der Waals surface area contributed by atoms with Gasteiger partial charge in [-0.25, -0.2) is 0 Å². The topological polar surface area (TPSA) is 68.0 Å². The minimum absolute atomic E-state index is 0.0608. The fourth-order valence-electron chi connectivity index (χ4n) is 3.94. The molecule has 1 fully saturated rings. The van der Waals surface area contributed by atoms with Gasteiger partial charge in [0.25, 0.3) is 5.91 Å². The summed E-state index contributed by atoms with van der Waals surface area (Å²) >= 11 is 0. The summed E-state index contributed by atoms with van der Waals surface area (Å²) in [5, 5.41) is 11.9. The molecule has 7 nitrogen and oxygen atoms in total. The number of amides is 1. The number of carbonyl (C=O) groups excluding carboxylic acids is 1. The highest BCUT2D eigenvalue weighted by atomic mass is 16.1. The van der Waals surface area contributed by atoms with Gasteiger partial charge in [-0.15, -0.1) is 0 Å². The van der Waals surface area contributed by atoms with Gasteiger partial charge in [-0.1, -0.05) is 24.3 Å². The van der Waals surface area contributed by atoms with Crippen LogP contribution in [0.4, 0.5) is 0 Å². The number of benzene rings is 1. The smallest absolute Gasteiger partial charge is 0.255 e. The number of nitrogens with zero attached hydrogens (tertiary/aromatic N) is 5. The van der Waals surface area contributed by atoms with E-state index in [0.29, 0.717) is 11.3 Å². The zero-order chi connectivity index (χ0) is 20.4. The van der Waals surface area contributed by atoms with Crippen LogP contribution in [0.1, 0.15) is 34.3 Å². The van der Waals surface area contributed by atoms with Crippen LogP contribution >= 0.6 is 0 Å². The molecular weight excluding hydrogens is 364 g/mol. The van der Waals surface area contributed by atoms with E-state index in [0.717, 1.165) is 38.0 Å². The first-order valence-corrected chi connectivity index (χ1v) is 10.1. The molecule has 0 spiro atoms. The second-order valence-corrected chi connectivity index (χ2v) is 7.92. The first-order chi connectivity index (χ1) is 14.0. The first-order valence-electron chi connectivity index (χ1n) is 10.1. The van der Waals surface area contributed by atoms with Crippen LogP contribution in [0.15, 0.2) is 42.9 Å². The standard InChI is InChI=1S/C22H28N6O/c1-16-6-4-5-7-17(16)14-28-10-8-19(9-11-28)24-22(29)20-15-27(3)25-21(20)18-12-23-26(2)13-18/h4-7,12-13,15,19H,8-11,14H2,1-3H3,(H,24,29). The summed E-state index contributed by atoms with van der Waals surface area (Å²) in [7, 11) is 3.69. The fraction of sp³-hybridized carbons (Fsp3) is 0.409. The van der Waals surface area contributed by atoms with Crippen molar-refractivity contribution in [3.63, 3.8) is 0 Å². The number of likely N-dealkylation sites (tertiary alicyclic amines) is 1. The van der Waals surface area contributed by atoms with Crippen LogP contribution in [0.3, 0.4) is 0 Å². The van der Waals surface area contributed by atoms with E-state index in [2.05, 4.69) is 51.6 Å². The summed E-state index contributed by atoms with van der Waals surface area (Å²) in [6, 6.07) is 8.74. The van der Waals surface area contributed by atoms with Gasteiger partial charge in [0.1, 0.15) is 5.69 Å². The van der Waals surface area contributed by atoms with Crippen LogP contribution < -0.4 is 5.32 Å². The van der Waals surface area contributed by atoms with Gasteiger partial charge in [0, 0.05) is 57.7 Å². The maximum absolute atomic E-state index is 12.9. The van der Waals surface area contributed by atoms with Crippen molar-refractivity contribution in [1.29, 1.82) is 0 Å². The SMILES string of the molecule is Cc1ccccc1CN1CCC(NC(=O)c2cn(C)nc2-c2cnn(C)c2)CC1. The molecule has 1 aliphatic heterocycles. The first kappa shape index (κ1) is 19.4. The van der Waals surface area contributed by atoms with Crippen molar-refractivity contribution < 1.29 is 4.79 Å². The van der Waals surface area contributed by atoms with Crippen molar-refractivity contribution in [2.75, 3.05) is 13.1 Å². The molecule has 1 aliphatic rings. The Bertz CT molecular complexity index is 996. The summed E-state index contributed by atoms with van der Waals surface area (Å²) in [4.78, 5) is 15.4. The Morgan fingerprint density at radius 1 is 1.14 bits per heavy atom.